The number of carbonyl (C=O) groups is 1. The lowest BCUT2D eigenvalue weighted by molar-refractivity contribution is -0.0798. The maximum Gasteiger partial charge on any atom is 0.416 e. The van der Waals surface area contributed by atoms with Crippen LogP contribution in [0, 0.1) is 0 Å². The molecule has 0 saturated heterocycles. The van der Waals surface area contributed by atoms with Gasteiger partial charge in [-0.1, -0.05) is 0 Å². The van der Waals surface area contributed by atoms with E-state index in [4.69, 9.17) is 0 Å². The third-order valence-corrected chi connectivity index (χ3v) is 0.678. The van der Waals surface area contributed by atoms with Crippen LogP contribution in [0.4, 0.5) is 4.53 Å². The molecule has 48 valence electrons. The number of halogens is 1. The molecule has 0 unspecified atom stereocenters. The van der Waals surface area contributed by atoms with Gasteiger partial charge < -0.3 is 0 Å². The fraction of sp³-hybridized carbons (Fsp3) is 0. The van der Waals surface area contributed by atoms with Gasteiger partial charge in [-0.3, -0.25) is 5.10 Å². The van der Waals surface area contributed by atoms with Gasteiger partial charge in [-0.25, -0.2) is 14.7 Å². The molecule has 1 rings (SSSR count). The molecule has 0 radical (unpaired) electrons. The second-order valence-electron chi connectivity index (χ2n) is 1.20. The Hall–Kier alpha value is -1.46. The largest absolute Gasteiger partial charge is 0.416 e. The molecule has 1 aromatic heterocycles. The molecule has 0 aliphatic rings. The summed E-state index contributed by atoms with van der Waals surface area (Å²) in [6, 6.07) is 0. The summed E-state index contributed by atoms with van der Waals surface area (Å²) in [5.41, 5.74) is 0. The van der Waals surface area contributed by atoms with E-state index < -0.39 is 5.97 Å². The number of hydrogen-bond acceptors (Lipinski definition) is 4. The minimum Gasteiger partial charge on any atom is -0.254 e. The first-order chi connectivity index (χ1) is 4.34. The summed E-state index contributed by atoms with van der Waals surface area (Å²) in [7, 11) is 0. The van der Waals surface area contributed by atoms with Crippen molar-refractivity contribution in [3.8, 4) is 0 Å². The Morgan fingerprint density at radius 1 is 1.89 bits per heavy atom. The number of nitrogens with one attached hydrogen (secondary N) is 1. The van der Waals surface area contributed by atoms with Crippen molar-refractivity contribution >= 4 is 5.97 Å². The molecule has 6 heteroatoms. The zero-order valence-corrected chi connectivity index (χ0v) is 4.17. The first kappa shape index (κ1) is 5.67. The van der Waals surface area contributed by atoms with Crippen LogP contribution in [0.5, 0.6) is 0 Å². The molecule has 0 fully saturated rings. The molecule has 0 aromatic carbocycles. The van der Waals surface area contributed by atoms with Crippen LogP contribution in [0.2, 0.25) is 0 Å². The highest BCUT2D eigenvalue weighted by molar-refractivity contribution is 5.84. The van der Waals surface area contributed by atoms with E-state index in [9.17, 15) is 9.32 Å². The SMILES string of the molecule is O=C(OF)c1ncn[nH]1. The predicted octanol–water partition coefficient (Wildman–Crippen LogP) is -0.154. The average Bonchev–Trinajstić information content (AvgIpc) is 2.37. The van der Waals surface area contributed by atoms with Gasteiger partial charge in [-0.2, -0.15) is 5.10 Å². The normalized spacial score (nSPS) is 9.00. The third-order valence-electron chi connectivity index (χ3n) is 0.678. The van der Waals surface area contributed by atoms with Crippen molar-refractivity contribution < 1.29 is 14.3 Å². The molecular weight excluding hydrogens is 129 g/mol. The lowest BCUT2D eigenvalue weighted by Gasteiger charge is -1.82. The zero-order chi connectivity index (χ0) is 6.69. The van der Waals surface area contributed by atoms with Crippen molar-refractivity contribution in [3.05, 3.63) is 12.2 Å². The van der Waals surface area contributed by atoms with Gasteiger partial charge in [-0.15, -0.1) is 0 Å². The lowest BCUT2D eigenvalue weighted by Crippen LogP contribution is -2.00. The molecule has 0 amide bonds. The molecule has 0 atom stereocenters. The molecular formula is C3H2FN3O2. The second-order valence-corrected chi connectivity index (χ2v) is 1.20. The maximum atomic E-state index is 11.0. The maximum absolute atomic E-state index is 11.0. The number of hydrogen-bond donors (Lipinski definition) is 1. The van der Waals surface area contributed by atoms with Crippen molar-refractivity contribution in [2.45, 2.75) is 0 Å². The van der Waals surface area contributed by atoms with Crippen LogP contribution in [0.3, 0.4) is 0 Å². The Labute approximate surface area is 48.8 Å². The van der Waals surface area contributed by atoms with E-state index in [1.54, 1.807) is 0 Å². The number of carbonyl (C=O) groups excluding carboxylic acids is 1. The number of H-pyrrole nitrogens is 1. The summed E-state index contributed by atoms with van der Waals surface area (Å²) >= 11 is 0. The highest BCUT2D eigenvalue weighted by Gasteiger charge is 2.09. The van der Waals surface area contributed by atoms with Crippen molar-refractivity contribution in [1.82, 2.24) is 15.2 Å². The first-order valence-corrected chi connectivity index (χ1v) is 2.03. The van der Waals surface area contributed by atoms with E-state index in [2.05, 4.69) is 20.1 Å². The van der Waals surface area contributed by atoms with E-state index in [-0.39, 0.29) is 5.82 Å². The number of nitrogens with zero attached hydrogens (tertiary/aromatic N) is 2. The monoisotopic (exact) mass is 131 g/mol. The topological polar surface area (TPSA) is 67.9 Å². The van der Waals surface area contributed by atoms with Gasteiger partial charge in [0.25, 0.3) is 0 Å². The minimum atomic E-state index is -1.17. The standard InChI is InChI=1S/C3H2FN3O2/c4-9-3(8)2-5-1-6-7-2/h1H,(H,5,6,7). The van der Waals surface area contributed by atoms with Gasteiger partial charge in [0.05, 0.1) is 0 Å². The average molecular weight is 131 g/mol. The number of rotatable bonds is 1. The predicted molar refractivity (Wildman–Crippen MR) is 22.9 cm³/mol. The summed E-state index contributed by atoms with van der Waals surface area (Å²) in [6.07, 6.45) is 1.08. The van der Waals surface area contributed by atoms with Crippen molar-refractivity contribution in [2.75, 3.05) is 0 Å². The van der Waals surface area contributed by atoms with E-state index >= 15 is 0 Å². The molecule has 0 spiro atoms. The third kappa shape index (κ3) is 1.01. The fourth-order valence-corrected chi connectivity index (χ4v) is 0.340. The Balaban J connectivity index is 2.77. The van der Waals surface area contributed by atoms with Crippen LogP contribution < -0.4 is 0 Å². The van der Waals surface area contributed by atoms with Crippen LogP contribution in [0.15, 0.2) is 6.33 Å². The Kier molecular flexibility index (Phi) is 1.39. The zero-order valence-electron chi connectivity index (χ0n) is 4.17. The highest BCUT2D eigenvalue weighted by Crippen LogP contribution is 1.89. The van der Waals surface area contributed by atoms with Gasteiger partial charge >= 0.3 is 5.97 Å². The molecule has 0 saturated carbocycles. The van der Waals surface area contributed by atoms with E-state index in [1.165, 1.54) is 0 Å². The van der Waals surface area contributed by atoms with Crippen LogP contribution in [-0.4, -0.2) is 21.2 Å². The van der Waals surface area contributed by atoms with Crippen LogP contribution in [0.1, 0.15) is 10.6 Å². The molecule has 0 bridgehead atoms. The Morgan fingerprint density at radius 3 is 3.11 bits per heavy atom. The van der Waals surface area contributed by atoms with Crippen LogP contribution >= 0.6 is 0 Å². The second kappa shape index (κ2) is 2.21. The molecule has 9 heavy (non-hydrogen) atoms. The summed E-state index contributed by atoms with van der Waals surface area (Å²) in [6.45, 7) is 0. The van der Waals surface area contributed by atoms with E-state index in [0.717, 1.165) is 6.33 Å². The number of aromatic nitrogens is 3. The van der Waals surface area contributed by atoms with E-state index in [1.807, 2.05) is 0 Å². The smallest absolute Gasteiger partial charge is 0.254 e. The van der Waals surface area contributed by atoms with Crippen LogP contribution in [-0.2, 0) is 4.94 Å². The molecule has 1 heterocycles. The van der Waals surface area contributed by atoms with Crippen molar-refractivity contribution in [2.24, 2.45) is 0 Å². The Bertz CT molecular complexity index is 197. The quantitative estimate of drug-likeness (QED) is 0.575. The molecule has 0 aliphatic heterocycles. The highest BCUT2D eigenvalue weighted by atomic mass is 19.3. The van der Waals surface area contributed by atoms with Gasteiger partial charge in [0.15, 0.2) is 0 Å². The summed E-state index contributed by atoms with van der Waals surface area (Å²) in [5, 5.41) is 5.40. The van der Waals surface area contributed by atoms with Crippen LogP contribution in [0.25, 0.3) is 0 Å². The first-order valence-electron chi connectivity index (χ1n) is 2.03. The van der Waals surface area contributed by atoms with Gasteiger partial charge in [-0.05, 0) is 0 Å². The molecule has 0 aliphatic carbocycles. The summed E-state index contributed by atoms with van der Waals surface area (Å²) in [4.78, 5) is 16.3. The van der Waals surface area contributed by atoms with Crippen molar-refractivity contribution in [1.29, 1.82) is 0 Å². The minimum absolute atomic E-state index is 0.252. The molecule has 1 aromatic rings. The van der Waals surface area contributed by atoms with Gasteiger partial charge in [0.1, 0.15) is 6.33 Å². The molecule has 5 nitrogen and oxygen atoms in total. The van der Waals surface area contributed by atoms with Gasteiger partial charge in [0, 0.05) is 4.53 Å². The summed E-state index contributed by atoms with van der Waals surface area (Å²) < 4.78 is 11.0. The van der Waals surface area contributed by atoms with E-state index in [0.29, 0.717) is 0 Å². The number of aromatic amines is 1. The summed E-state index contributed by atoms with van der Waals surface area (Å²) in [5.74, 6) is -1.43. The van der Waals surface area contributed by atoms with Crippen molar-refractivity contribution in [3.63, 3.8) is 0 Å². The van der Waals surface area contributed by atoms with Gasteiger partial charge in [0.2, 0.25) is 5.82 Å². The lowest BCUT2D eigenvalue weighted by atomic mass is 10.7. The molecule has 1 N–H and O–H groups in total. The fourth-order valence-electron chi connectivity index (χ4n) is 0.340. The Morgan fingerprint density at radius 2 is 2.67 bits per heavy atom.